The number of aromatic nitrogens is 2. The van der Waals surface area contributed by atoms with Crippen LogP contribution in [0.4, 0.5) is 0 Å². The van der Waals surface area contributed by atoms with Crippen molar-refractivity contribution in [3.8, 4) is 0 Å². The Labute approximate surface area is 116 Å². The third-order valence-electron chi connectivity index (χ3n) is 3.82. The van der Waals surface area contributed by atoms with E-state index in [2.05, 4.69) is 54.0 Å². The van der Waals surface area contributed by atoms with Gasteiger partial charge in [0.25, 0.3) is 0 Å². The molecule has 1 heterocycles. The number of fused-ring (bicyclic) bond motifs is 1. The molecular weight excluding hydrogens is 234 g/mol. The second-order valence-electron chi connectivity index (χ2n) is 5.50. The summed E-state index contributed by atoms with van der Waals surface area (Å²) in [7, 11) is 2.06. The van der Waals surface area contributed by atoms with Gasteiger partial charge < -0.3 is 9.88 Å². The third-order valence-corrected chi connectivity index (χ3v) is 3.82. The molecule has 1 aromatic carbocycles. The summed E-state index contributed by atoms with van der Waals surface area (Å²) >= 11 is 0. The van der Waals surface area contributed by atoms with Crippen molar-refractivity contribution in [3.63, 3.8) is 0 Å². The highest BCUT2D eigenvalue weighted by molar-refractivity contribution is 5.74. The van der Waals surface area contributed by atoms with Crippen LogP contribution in [0.25, 0.3) is 11.0 Å². The van der Waals surface area contributed by atoms with Crippen molar-refractivity contribution in [2.75, 3.05) is 7.05 Å². The maximum atomic E-state index is 4.46. The molecule has 0 saturated heterocycles. The summed E-state index contributed by atoms with van der Waals surface area (Å²) in [6.07, 6.45) is 5.75. The number of nitrogens with one attached hydrogen (secondary N) is 1. The number of likely N-dealkylation sites (N-methyl/N-ethyl adjacent to an activating group) is 1. The monoisotopic (exact) mass is 259 g/mol. The Morgan fingerprint density at radius 1 is 1.32 bits per heavy atom. The van der Waals surface area contributed by atoms with Crippen LogP contribution in [0.5, 0.6) is 0 Å². The number of rotatable bonds is 7. The summed E-state index contributed by atoms with van der Waals surface area (Å²) in [5, 5.41) is 3.45. The zero-order valence-electron chi connectivity index (χ0n) is 12.3. The van der Waals surface area contributed by atoms with Crippen molar-refractivity contribution in [2.45, 2.75) is 45.7 Å². The van der Waals surface area contributed by atoms with Crippen LogP contribution >= 0.6 is 0 Å². The minimum atomic E-state index is 0.513. The number of benzene rings is 1. The Balaban J connectivity index is 2.05. The van der Waals surface area contributed by atoms with Crippen molar-refractivity contribution in [1.29, 1.82) is 0 Å². The highest BCUT2D eigenvalue weighted by Gasteiger charge is 2.13. The van der Waals surface area contributed by atoms with Gasteiger partial charge in [-0.3, -0.25) is 0 Å². The molecule has 0 aliphatic carbocycles. The molecule has 0 aliphatic rings. The molecule has 0 aliphatic heterocycles. The van der Waals surface area contributed by atoms with Gasteiger partial charge >= 0.3 is 0 Å². The molecule has 19 heavy (non-hydrogen) atoms. The molecular formula is C16H25N3. The van der Waals surface area contributed by atoms with Crippen LogP contribution in [0.3, 0.4) is 0 Å². The molecule has 1 aromatic heterocycles. The number of hydrogen-bond donors (Lipinski definition) is 1. The van der Waals surface area contributed by atoms with E-state index in [0.717, 1.165) is 18.0 Å². The van der Waals surface area contributed by atoms with Gasteiger partial charge in [-0.25, -0.2) is 4.98 Å². The zero-order valence-corrected chi connectivity index (χ0v) is 12.3. The maximum absolute atomic E-state index is 4.46. The lowest BCUT2D eigenvalue weighted by Gasteiger charge is -2.21. The fourth-order valence-electron chi connectivity index (χ4n) is 2.77. The van der Waals surface area contributed by atoms with E-state index in [1.165, 1.54) is 24.8 Å². The summed E-state index contributed by atoms with van der Waals surface area (Å²) in [5.41, 5.74) is 2.31. The van der Waals surface area contributed by atoms with Crippen LogP contribution < -0.4 is 5.32 Å². The zero-order chi connectivity index (χ0) is 13.7. The van der Waals surface area contributed by atoms with E-state index in [4.69, 9.17) is 0 Å². The first kappa shape index (κ1) is 14.1. The topological polar surface area (TPSA) is 29.9 Å². The summed E-state index contributed by atoms with van der Waals surface area (Å²) in [6, 6.07) is 8.84. The maximum Gasteiger partial charge on any atom is 0.0958 e. The molecule has 0 bridgehead atoms. The minimum absolute atomic E-state index is 0.513. The van der Waals surface area contributed by atoms with Crippen molar-refractivity contribution in [3.05, 3.63) is 30.6 Å². The Kier molecular flexibility index (Phi) is 4.97. The van der Waals surface area contributed by atoms with Crippen LogP contribution in [-0.4, -0.2) is 22.6 Å². The van der Waals surface area contributed by atoms with Crippen LogP contribution in [0, 0.1) is 5.92 Å². The fraction of sp³-hybridized carbons (Fsp3) is 0.562. The van der Waals surface area contributed by atoms with E-state index < -0.39 is 0 Å². The summed E-state index contributed by atoms with van der Waals surface area (Å²) in [6.45, 7) is 5.60. The first-order valence-corrected chi connectivity index (χ1v) is 7.31. The predicted molar refractivity (Wildman–Crippen MR) is 81.3 cm³/mol. The largest absolute Gasteiger partial charge is 0.329 e. The summed E-state index contributed by atoms with van der Waals surface area (Å²) in [4.78, 5) is 4.46. The number of nitrogens with zero attached hydrogens (tertiary/aromatic N) is 2. The highest BCUT2D eigenvalue weighted by Crippen LogP contribution is 2.16. The highest BCUT2D eigenvalue weighted by atomic mass is 15.1. The summed E-state index contributed by atoms with van der Waals surface area (Å²) in [5.74, 6) is 0.775. The van der Waals surface area contributed by atoms with Gasteiger partial charge in [0, 0.05) is 12.6 Å². The molecule has 0 spiro atoms. The van der Waals surface area contributed by atoms with E-state index in [1.54, 1.807) is 0 Å². The van der Waals surface area contributed by atoms with E-state index >= 15 is 0 Å². The molecule has 0 fully saturated rings. The molecule has 2 rings (SSSR count). The van der Waals surface area contributed by atoms with Gasteiger partial charge in [0.2, 0.25) is 0 Å². The van der Waals surface area contributed by atoms with E-state index in [9.17, 15) is 0 Å². The Morgan fingerprint density at radius 3 is 2.84 bits per heavy atom. The van der Waals surface area contributed by atoms with Crippen LogP contribution in [0.15, 0.2) is 30.6 Å². The standard InChI is InChI=1S/C16H25N3/c1-4-7-13(2)10-14(17-3)11-19-12-18-15-8-5-6-9-16(15)19/h5-6,8-9,12-14,17H,4,7,10-11H2,1-3H3. The molecule has 3 nitrogen and oxygen atoms in total. The molecule has 2 unspecified atom stereocenters. The smallest absolute Gasteiger partial charge is 0.0958 e. The van der Waals surface area contributed by atoms with Crippen LogP contribution in [0.2, 0.25) is 0 Å². The van der Waals surface area contributed by atoms with Crippen molar-refractivity contribution < 1.29 is 0 Å². The third kappa shape index (κ3) is 3.57. The van der Waals surface area contributed by atoms with Gasteiger partial charge in [-0.15, -0.1) is 0 Å². The van der Waals surface area contributed by atoms with E-state index in [1.807, 2.05) is 12.4 Å². The molecule has 0 radical (unpaired) electrons. The molecule has 2 aromatic rings. The van der Waals surface area contributed by atoms with Gasteiger partial charge in [0.05, 0.1) is 17.4 Å². The second-order valence-corrected chi connectivity index (χ2v) is 5.50. The SMILES string of the molecule is CCCC(C)CC(Cn1cnc2ccccc21)NC. The summed E-state index contributed by atoms with van der Waals surface area (Å²) < 4.78 is 2.26. The van der Waals surface area contributed by atoms with Crippen LogP contribution in [0.1, 0.15) is 33.1 Å². The second kappa shape index (κ2) is 6.71. The molecule has 1 N–H and O–H groups in total. The number of para-hydroxylation sites is 2. The van der Waals surface area contributed by atoms with Crippen LogP contribution in [-0.2, 0) is 6.54 Å². The van der Waals surface area contributed by atoms with Gasteiger partial charge in [-0.1, -0.05) is 38.8 Å². The average Bonchev–Trinajstić information content (AvgIpc) is 2.82. The lowest BCUT2D eigenvalue weighted by molar-refractivity contribution is 0.369. The minimum Gasteiger partial charge on any atom is -0.329 e. The number of imidazole rings is 1. The van der Waals surface area contributed by atoms with E-state index in [-0.39, 0.29) is 0 Å². The molecule has 3 heteroatoms. The fourth-order valence-corrected chi connectivity index (χ4v) is 2.77. The first-order chi connectivity index (χ1) is 9.24. The first-order valence-electron chi connectivity index (χ1n) is 7.31. The van der Waals surface area contributed by atoms with Gasteiger partial charge in [-0.2, -0.15) is 0 Å². The predicted octanol–water partition coefficient (Wildman–Crippen LogP) is 3.45. The van der Waals surface area contributed by atoms with Gasteiger partial charge in [-0.05, 0) is 31.5 Å². The van der Waals surface area contributed by atoms with Crippen molar-refractivity contribution in [1.82, 2.24) is 14.9 Å². The quantitative estimate of drug-likeness (QED) is 0.825. The van der Waals surface area contributed by atoms with Gasteiger partial charge in [0.15, 0.2) is 0 Å². The lowest BCUT2D eigenvalue weighted by atomic mass is 9.97. The molecule has 0 saturated carbocycles. The van der Waals surface area contributed by atoms with Crippen molar-refractivity contribution in [2.24, 2.45) is 5.92 Å². The van der Waals surface area contributed by atoms with Crippen molar-refractivity contribution >= 4 is 11.0 Å². The van der Waals surface area contributed by atoms with E-state index in [0.29, 0.717) is 6.04 Å². The average molecular weight is 259 g/mol. The van der Waals surface area contributed by atoms with Gasteiger partial charge in [0.1, 0.15) is 0 Å². The number of hydrogen-bond acceptors (Lipinski definition) is 2. The molecule has 104 valence electrons. The lowest BCUT2D eigenvalue weighted by Crippen LogP contribution is -2.31. The Hall–Kier alpha value is -1.35. The normalized spacial score (nSPS) is 14.7. The molecule has 2 atom stereocenters. The Morgan fingerprint density at radius 2 is 2.11 bits per heavy atom. The molecule has 0 amide bonds. The Bertz CT molecular complexity index is 503.